The number of aromatic nitrogens is 4. The highest BCUT2D eigenvalue weighted by molar-refractivity contribution is 5.92. The van der Waals surface area contributed by atoms with Crippen molar-refractivity contribution in [1.82, 2.24) is 29.9 Å². The van der Waals surface area contributed by atoms with Crippen molar-refractivity contribution in [3.05, 3.63) is 29.9 Å². The lowest BCUT2D eigenvalue weighted by Crippen LogP contribution is -2.42. The lowest BCUT2D eigenvalue weighted by molar-refractivity contribution is 0.0902. The molecule has 8 heteroatoms. The molecule has 0 saturated heterocycles. The number of carbonyl (C=O) groups excluding carboxylic acids is 1. The number of nitrogens with one attached hydrogen (secondary N) is 1. The number of carbonyl (C=O) groups is 1. The molecule has 0 aliphatic carbocycles. The summed E-state index contributed by atoms with van der Waals surface area (Å²) in [7, 11) is 5.64. The van der Waals surface area contributed by atoms with Gasteiger partial charge in [0.2, 0.25) is 5.89 Å². The van der Waals surface area contributed by atoms with Gasteiger partial charge in [-0.2, -0.15) is 4.98 Å². The minimum absolute atomic E-state index is 0.278. The fourth-order valence-corrected chi connectivity index (χ4v) is 1.78. The molecule has 1 amide bonds. The van der Waals surface area contributed by atoms with Crippen LogP contribution in [0.5, 0.6) is 0 Å². The van der Waals surface area contributed by atoms with Gasteiger partial charge < -0.3 is 19.3 Å². The molecular weight excluding hydrogens is 272 g/mol. The number of imidazole rings is 1. The standard InChI is InChI=1S/C13H20N6O2/c1-13(2,12-15-10(21-17-12)7-18(3)4)16-11(20)9-6-19(5)8-14-9/h6,8H,7H2,1-5H3,(H,16,20). The third-order valence-electron chi connectivity index (χ3n) is 2.84. The van der Waals surface area contributed by atoms with Crippen molar-refractivity contribution in [1.29, 1.82) is 0 Å². The van der Waals surface area contributed by atoms with Crippen LogP contribution in [0.1, 0.15) is 36.1 Å². The van der Waals surface area contributed by atoms with Gasteiger partial charge in [0.25, 0.3) is 5.91 Å². The van der Waals surface area contributed by atoms with Crippen molar-refractivity contribution in [3.63, 3.8) is 0 Å². The van der Waals surface area contributed by atoms with Crippen LogP contribution in [0.15, 0.2) is 17.0 Å². The molecule has 2 aromatic heterocycles. The lowest BCUT2D eigenvalue weighted by Gasteiger charge is -2.21. The van der Waals surface area contributed by atoms with Crippen LogP contribution in [0.2, 0.25) is 0 Å². The summed E-state index contributed by atoms with van der Waals surface area (Å²) >= 11 is 0. The molecule has 1 N–H and O–H groups in total. The first-order chi connectivity index (χ1) is 9.78. The maximum Gasteiger partial charge on any atom is 0.272 e. The van der Waals surface area contributed by atoms with Crippen molar-refractivity contribution >= 4 is 5.91 Å². The van der Waals surface area contributed by atoms with Crippen LogP contribution < -0.4 is 5.32 Å². The van der Waals surface area contributed by atoms with Crippen molar-refractivity contribution < 1.29 is 9.32 Å². The Morgan fingerprint density at radius 1 is 1.48 bits per heavy atom. The Kier molecular flexibility index (Phi) is 4.08. The van der Waals surface area contributed by atoms with E-state index in [9.17, 15) is 4.79 Å². The fourth-order valence-electron chi connectivity index (χ4n) is 1.78. The third-order valence-corrected chi connectivity index (χ3v) is 2.84. The van der Waals surface area contributed by atoms with Gasteiger partial charge in [0.15, 0.2) is 5.82 Å². The van der Waals surface area contributed by atoms with Gasteiger partial charge in [0, 0.05) is 13.2 Å². The van der Waals surface area contributed by atoms with Gasteiger partial charge in [-0.15, -0.1) is 0 Å². The van der Waals surface area contributed by atoms with Gasteiger partial charge in [-0.3, -0.25) is 4.79 Å². The normalized spacial score (nSPS) is 11.9. The number of hydrogen-bond donors (Lipinski definition) is 1. The van der Waals surface area contributed by atoms with Crippen LogP contribution in [0.3, 0.4) is 0 Å². The second kappa shape index (κ2) is 5.65. The van der Waals surface area contributed by atoms with Crippen LogP contribution >= 0.6 is 0 Å². The first-order valence-corrected chi connectivity index (χ1v) is 6.56. The van der Waals surface area contributed by atoms with E-state index in [1.54, 1.807) is 17.1 Å². The molecule has 0 bridgehead atoms. The maximum absolute atomic E-state index is 12.2. The predicted octanol–water partition coefficient (Wildman–Crippen LogP) is 0.530. The first kappa shape index (κ1) is 15.2. The van der Waals surface area contributed by atoms with E-state index in [0.717, 1.165) is 0 Å². The van der Waals surface area contributed by atoms with Crippen molar-refractivity contribution in [3.8, 4) is 0 Å². The van der Waals surface area contributed by atoms with Gasteiger partial charge >= 0.3 is 0 Å². The van der Waals surface area contributed by atoms with Crippen LogP contribution in [0.25, 0.3) is 0 Å². The number of rotatable bonds is 5. The highest BCUT2D eigenvalue weighted by Gasteiger charge is 2.29. The molecule has 21 heavy (non-hydrogen) atoms. The minimum Gasteiger partial charge on any atom is -0.340 e. The predicted molar refractivity (Wildman–Crippen MR) is 75.4 cm³/mol. The summed E-state index contributed by atoms with van der Waals surface area (Å²) in [6, 6.07) is 0. The molecule has 0 unspecified atom stereocenters. The quantitative estimate of drug-likeness (QED) is 0.864. The Hall–Kier alpha value is -2.22. The SMILES string of the molecule is CN(C)Cc1nc(C(C)(C)NC(=O)c2cn(C)cn2)no1. The number of nitrogens with zero attached hydrogens (tertiary/aromatic N) is 5. The molecule has 0 atom stereocenters. The molecule has 0 aliphatic heterocycles. The van der Waals surface area contributed by atoms with Gasteiger partial charge in [-0.25, -0.2) is 4.98 Å². The Morgan fingerprint density at radius 3 is 2.76 bits per heavy atom. The zero-order valence-electron chi connectivity index (χ0n) is 12.9. The highest BCUT2D eigenvalue weighted by Crippen LogP contribution is 2.17. The molecule has 0 radical (unpaired) electrons. The molecule has 0 fully saturated rings. The Balaban J connectivity index is 2.10. The third kappa shape index (κ3) is 3.66. The molecule has 0 spiro atoms. The van der Waals surface area contributed by atoms with E-state index in [0.29, 0.717) is 24.0 Å². The van der Waals surface area contributed by atoms with E-state index in [-0.39, 0.29) is 5.91 Å². The molecule has 0 saturated carbocycles. The van der Waals surface area contributed by atoms with Crippen LogP contribution in [-0.2, 0) is 19.1 Å². The summed E-state index contributed by atoms with van der Waals surface area (Å²) < 4.78 is 6.89. The molecule has 2 heterocycles. The molecule has 2 rings (SSSR count). The van der Waals surface area contributed by atoms with Gasteiger partial charge in [0.1, 0.15) is 5.69 Å². The van der Waals surface area contributed by atoms with Gasteiger partial charge in [-0.1, -0.05) is 5.16 Å². The molecular formula is C13H20N6O2. The van der Waals surface area contributed by atoms with Crippen LogP contribution in [0.4, 0.5) is 0 Å². The van der Waals surface area contributed by atoms with Crippen molar-refractivity contribution in [2.24, 2.45) is 7.05 Å². The second-order valence-electron chi connectivity index (χ2n) is 5.75. The summed E-state index contributed by atoms with van der Waals surface area (Å²) in [6.07, 6.45) is 3.23. The smallest absolute Gasteiger partial charge is 0.272 e. The minimum atomic E-state index is -0.747. The van der Waals surface area contributed by atoms with E-state index < -0.39 is 5.54 Å². The largest absolute Gasteiger partial charge is 0.340 e. The summed E-state index contributed by atoms with van der Waals surface area (Å²) in [5.41, 5.74) is -0.398. The zero-order valence-corrected chi connectivity index (χ0v) is 12.9. The highest BCUT2D eigenvalue weighted by atomic mass is 16.5. The maximum atomic E-state index is 12.2. The summed E-state index contributed by atoms with van der Waals surface area (Å²) in [5.74, 6) is 0.665. The molecule has 8 nitrogen and oxygen atoms in total. The van der Waals surface area contributed by atoms with E-state index in [1.807, 2.05) is 39.9 Å². The van der Waals surface area contributed by atoms with Gasteiger partial charge in [-0.05, 0) is 27.9 Å². The monoisotopic (exact) mass is 292 g/mol. The van der Waals surface area contributed by atoms with E-state index in [1.165, 1.54) is 0 Å². The van der Waals surface area contributed by atoms with Crippen LogP contribution in [0, 0.1) is 0 Å². The van der Waals surface area contributed by atoms with Crippen molar-refractivity contribution in [2.45, 2.75) is 25.9 Å². The average molecular weight is 292 g/mol. The number of amides is 1. The van der Waals surface area contributed by atoms with E-state index in [4.69, 9.17) is 4.52 Å². The summed E-state index contributed by atoms with van der Waals surface area (Å²) in [4.78, 5) is 22.4. The number of aryl methyl sites for hydroxylation is 1. The fraction of sp³-hybridized carbons (Fsp3) is 0.538. The molecule has 0 aliphatic rings. The second-order valence-corrected chi connectivity index (χ2v) is 5.75. The van der Waals surface area contributed by atoms with Crippen LogP contribution in [-0.4, -0.2) is 44.6 Å². The lowest BCUT2D eigenvalue weighted by atomic mass is 10.0. The van der Waals surface area contributed by atoms with Crippen molar-refractivity contribution in [2.75, 3.05) is 14.1 Å². The molecule has 0 aromatic carbocycles. The summed E-state index contributed by atoms with van der Waals surface area (Å²) in [5, 5.41) is 6.80. The molecule has 2 aromatic rings. The Labute approximate surface area is 123 Å². The average Bonchev–Trinajstić information content (AvgIpc) is 2.97. The van der Waals surface area contributed by atoms with E-state index in [2.05, 4.69) is 20.4 Å². The topological polar surface area (TPSA) is 89.1 Å². The number of hydrogen-bond acceptors (Lipinski definition) is 6. The molecule has 114 valence electrons. The van der Waals surface area contributed by atoms with Gasteiger partial charge in [0.05, 0.1) is 18.4 Å². The van der Waals surface area contributed by atoms with E-state index >= 15 is 0 Å². The first-order valence-electron chi connectivity index (χ1n) is 6.56. The zero-order chi connectivity index (χ0) is 15.6. The Bertz CT molecular complexity index is 628. The summed E-state index contributed by atoms with van der Waals surface area (Å²) in [6.45, 7) is 4.19. The Morgan fingerprint density at radius 2 is 2.19 bits per heavy atom.